The molecule has 0 radical (unpaired) electrons. The van der Waals surface area contributed by atoms with Crippen molar-refractivity contribution in [2.75, 3.05) is 16.8 Å². The fourth-order valence-corrected chi connectivity index (χ4v) is 3.31. The summed E-state index contributed by atoms with van der Waals surface area (Å²) in [7, 11) is 0. The van der Waals surface area contributed by atoms with Gasteiger partial charge in [-0.25, -0.2) is 0 Å². The van der Waals surface area contributed by atoms with Crippen LogP contribution >= 0.6 is 23.4 Å². The van der Waals surface area contributed by atoms with Gasteiger partial charge in [0.25, 0.3) is 0 Å². The molecular weight excluding hydrogens is 382 g/mol. The highest BCUT2D eigenvalue weighted by molar-refractivity contribution is 8.00. The van der Waals surface area contributed by atoms with Crippen molar-refractivity contribution in [3.63, 3.8) is 0 Å². The van der Waals surface area contributed by atoms with Gasteiger partial charge >= 0.3 is 5.97 Å². The first kappa shape index (κ1) is 19.3. The van der Waals surface area contributed by atoms with E-state index >= 15 is 0 Å². The molecule has 0 saturated heterocycles. The van der Waals surface area contributed by atoms with Crippen molar-refractivity contribution in [2.45, 2.75) is 6.61 Å². The van der Waals surface area contributed by atoms with Gasteiger partial charge < -0.3 is 10.1 Å². The lowest BCUT2D eigenvalue weighted by Gasteiger charge is -2.08. The molecule has 0 aliphatic heterocycles. The van der Waals surface area contributed by atoms with Crippen molar-refractivity contribution in [3.05, 3.63) is 77.3 Å². The minimum Gasteiger partial charge on any atom is -0.460 e. The molecule has 6 heteroatoms. The van der Waals surface area contributed by atoms with Gasteiger partial charge in [0.15, 0.2) is 0 Å². The number of esters is 1. The van der Waals surface area contributed by atoms with Gasteiger partial charge in [0.1, 0.15) is 6.61 Å². The molecule has 27 heavy (non-hydrogen) atoms. The maximum absolute atomic E-state index is 11.9. The Hall–Kier alpha value is -2.50. The van der Waals surface area contributed by atoms with Gasteiger partial charge in [-0.3, -0.25) is 9.59 Å². The summed E-state index contributed by atoms with van der Waals surface area (Å²) in [5, 5.41) is 5.54. The summed E-state index contributed by atoms with van der Waals surface area (Å²) in [6.07, 6.45) is 0. The molecule has 4 nitrogen and oxygen atoms in total. The lowest BCUT2D eigenvalue weighted by atomic mass is 10.1. The molecule has 0 bridgehead atoms. The van der Waals surface area contributed by atoms with Gasteiger partial charge in [-0.15, -0.1) is 11.8 Å². The quantitative estimate of drug-likeness (QED) is 0.573. The molecule has 0 atom stereocenters. The van der Waals surface area contributed by atoms with Gasteiger partial charge in [-0.2, -0.15) is 0 Å². The molecule has 0 aromatic heterocycles. The largest absolute Gasteiger partial charge is 0.460 e. The number of carbonyl (C=O) groups excluding carboxylic acids is 2. The smallest absolute Gasteiger partial charge is 0.316 e. The maximum atomic E-state index is 11.9. The summed E-state index contributed by atoms with van der Waals surface area (Å²) in [5.74, 6) is -0.221. The SMILES string of the molecule is O=C(CSCC(=O)OCc1cccc2ccccc12)Nc1ccc(Cl)cc1. The molecule has 3 aromatic rings. The van der Waals surface area contributed by atoms with Gasteiger partial charge in [-0.1, -0.05) is 54.1 Å². The summed E-state index contributed by atoms with van der Waals surface area (Å²) < 4.78 is 5.34. The van der Waals surface area contributed by atoms with E-state index in [0.29, 0.717) is 10.7 Å². The van der Waals surface area contributed by atoms with E-state index in [1.54, 1.807) is 24.3 Å². The van der Waals surface area contributed by atoms with E-state index in [-0.39, 0.29) is 30.0 Å². The number of hydrogen-bond donors (Lipinski definition) is 1. The fourth-order valence-electron chi connectivity index (χ4n) is 2.58. The van der Waals surface area contributed by atoms with Crippen molar-refractivity contribution in [1.29, 1.82) is 0 Å². The Bertz CT molecular complexity index is 938. The highest BCUT2D eigenvalue weighted by Crippen LogP contribution is 2.19. The van der Waals surface area contributed by atoms with Crippen LogP contribution in [0.1, 0.15) is 5.56 Å². The topological polar surface area (TPSA) is 55.4 Å². The summed E-state index contributed by atoms with van der Waals surface area (Å²) in [5.41, 5.74) is 1.63. The van der Waals surface area contributed by atoms with E-state index in [4.69, 9.17) is 16.3 Å². The average molecular weight is 400 g/mol. The second-order valence-corrected chi connectivity index (χ2v) is 7.27. The van der Waals surface area contributed by atoms with Crippen LogP contribution in [0.15, 0.2) is 66.7 Å². The lowest BCUT2D eigenvalue weighted by Crippen LogP contribution is -2.16. The predicted molar refractivity (Wildman–Crippen MR) is 111 cm³/mol. The summed E-state index contributed by atoms with van der Waals surface area (Å²) >= 11 is 7.02. The number of halogens is 1. The summed E-state index contributed by atoms with van der Waals surface area (Å²) in [6, 6.07) is 20.7. The molecule has 3 rings (SSSR count). The molecule has 0 spiro atoms. The Morgan fingerprint density at radius 3 is 2.48 bits per heavy atom. The third-order valence-electron chi connectivity index (χ3n) is 3.85. The van der Waals surface area contributed by atoms with E-state index in [1.165, 1.54) is 11.8 Å². The molecule has 0 heterocycles. The van der Waals surface area contributed by atoms with Gasteiger partial charge in [0.2, 0.25) is 5.91 Å². The average Bonchev–Trinajstić information content (AvgIpc) is 2.68. The standard InChI is InChI=1S/C21H18ClNO3S/c22-17-8-10-18(11-9-17)23-20(24)13-27-14-21(25)26-12-16-6-3-5-15-4-1-2-7-19(15)16/h1-11H,12-14H2,(H,23,24). The van der Waals surface area contributed by atoms with Crippen LogP contribution in [0.2, 0.25) is 5.02 Å². The Labute approximate surface area is 166 Å². The first-order valence-electron chi connectivity index (χ1n) is 8.37. The highest BCUT2D eigenvalue weighted by Gasteiger charge is 2.09. The van der Waals surface area contributed by atoms with Crippen LogP contribution < -0.4 is 5.32 Å². The third-order valence-corrected chi connectivity index (χ3v) is 5.01. The zero-order valence-electron chi connectivity index (χ0n) is 14.5. The van der Waals surface area contributed by atoms with Crippen molar-refractivity contribution in [2.24, 2.45) is 0 Å². The number of rotatable bonds is 7. The van der Waals surface area contributed by atoms with Crippen LogP contribution in [0.5, 0.6) is 0 Å². The number of ether oxygens (including phenoxy) is 1. The monoisotopic (exact) mass is 399 g/mol. The van der Waals surface area contributed by atoms with Crippen LogP contribution in [0.25, 0.3) is 10.8 Å². The molecule has 0 fully saturated rings. The Morgan fingerprint density at radius 2 is 1.67 bits per heavy atom. The van der Waals surface area contributed by atoms with Gasteiger partial charge in [-0.05, 0) is 40.6 Å². The minimum atomic E-state index is -0.341. The van der Waals surface area contributed by atoms with E-state index in [2.05, 4.69) is 5.32 Å². The predicted octanol–water partition coefficient (Wildman–Crippen LogP) is 4.91. The Balaban J connectivity index is 1.42. The van der Waals surface area contributed by atoms with E-state index in [1.807, 2.05) is 42.5 Å². The van der Waals surface area contributed by atoms with Crippen LogP contribution in [0.3, 0.4) is 0 Å². The van der Waals surface area contributed by atoms with Crippen LogP contribution in [0.4, 0.5) is 5.69 Å². The molecule has 0 saturated carbocycles. The third kappa shape index (κ3) is 5.74. The molecule has 0 unspecified atom stereocenters. The molecule has 3 aromatic carbocycles. The summed E-state index contributed by atoms with van der Waals surface area (Å²) in [4.78, 5) is 23.8. The van der Waals surface area contributed by atoms with E-state index in [0.717, 1.165) is 16.3 Å². The van der Waals surface area contributed by atoms with Gasteiger partial charge in [0.05, 0.1) is 11.5 Å². The number of fused-ring (bicyclic) bond motifs is 1. The Kier molecular flexibility index (Phi) is 6.74. The number of amides is 1. The van der Waals surface area contributed by atoms with Crippen molar-refractivity contribution < 1.29 is 14.3 Å². The molecule has 0 aliphatic rings. The van der Waals surface area contributed by atoms with Crippen molar-refractivity contribution in [1.82, 2.24) is 0 Å². The highest BCUT2D eigenvalue weighted by atomic mass is 35.5. The molecular formula is C21H18ClNO3S. The van der Waals surface area contributed by atoms with Crippen molar-refractivity contribution in [3.8, 4) is 0 Å². The lowest BCUT2D eigenvalue weighted by molar-refractivity contribution is -0.141. The first-order chi connectivity index (χ1) is 13.1. The second kappa shape index (κ2) is 9.44. The van der Waals surface area contributed by atoms with Gasteiger partial charge in [0, 0.05) is 10.7 Å². The van der Waals surface area contributed by atoms with Crippen LogP contribution in [0, 0.1) is 0 Å². The fraction of sp³-hybridized carbons (Fsp3) is 0.143. The number of nitrogens with one attached hydrogen (secondary N) is 1. The van der Waals surface area contributed by atoms with Crippen LogP contribution in [-0.2, 0) is 20.9 Å². The Morgan fingerprint density at radius 1 is 0.926 bits per heavy atom. The normalized spacial score (nSPS) is 10.6. The zero-order valence-corrected chi connectivity index (χ0v) is 16.1. The van der Waals surface area contributed by atoms with E-state index in [9.17, 15) is 9.59 Å². The molecule has 138 valence electrons. The second-order valence-electron chi connectivity index (χ2n) is 5.85. The first-order valence-corrected chi connectivity index (χ1v) is 9.90. The number of benzene rings is 3. The van der Waals surface area contributed by atoms with Crippen molar-refractivity contribution >= 4 is 51.7 Å². The molecule has 1 N–H and O–H groups in total. The minimum absolute atomic E-state index is 0.124. The number of hydrogen-bond acceptors (Lipinski definition) is 4. The number of thioether (sulfide) groups is 1. The summed E-state index contributed by atoms with van der Waals surface area (Å²) in [6.45, 7) is 0.220. The maximum Gasteiger partial charge on any atom is 0.316 e. The molecule has 0 aliphatic carbocycles. The molecule has 1 amide bonds. The zero-order chi connectivity index (χ0) is 19.1. The van der Waals surface area contributed by atoms with Crippen LogP contribution in [-0.4, -0.2) is 23.4 Å². The number of anilines is 1. The number of carbonyl (C=O) groups is 2. The van der Waals surface area contributed by atoms with E-state index < -0.39 is 0 Å².